The average Bonchev–Trinajstić information content (AvgIpc) is 1.94. The number of urea groups is 1. The van der Waals surface area contributed by atoms with E-state index in [0.29, 0.717) is 0 Å². The molecule has 1 rings (SSSR count). The van der Waals surface area contributed by atoms with Gasteiger partial charge in [-0.3, -0.25) is 10.1 Å². The van der Waals surface area contributed by atoms with E-state index in [1.807, 2.05) is 5.32 Å². The van der Waals surface area contributed by atoms with Crippen LogP contribution >= 0.6 is 10.7 Å². The van der Waals surface area contributed by atoms with Crippen LogP contribution in [-0.2, 0) is 13.8 Å². The fourth-order valence-electron chi connectivity index (χ4n) is 0.913. The van der Waals surface area contributed by atoms with Crippen molar-refractivity contribution >= 4 is 31.7 Å². The maximum absolute atomic E-state index is 11.0. The number of imide groups is 1. The molecule has 1 fully saturated rings. The van der Waals surface area contributed by atoms with E-state index in [9.17, 15) is 18.0 Å². The molecule has 1 atom stereocenters. The van der Waals surface area contributed by atoms with Crippen molar-refractivity contribution in [2.24, 2.45) is 0 Å². The molecule has 0 saturated carbocycles. The van der Waals surface area contributed by atoms with Gasteiger partial charge in [0.2, 0.25) is 15.0 Å². The van der Waals surface area contributed by atoms with Crippen molar-refractivity contribution in [2.45, 2.75) is 5.25 Å². The predicted octanol–water partition coefficient (Wildman–Crippen LogP) is -0.895. The molecule has 6 nitrogen and oxygen atoms in total. The topological polar surface area (TPSA) is 83.6 Å². The highest BCUT2D eigenvalue weighted by molar-refractivity contribution is 8.14. The zero-order chi connectivity index (χ0) is 10.2. The molecule has 1 saturated heterocycles. The van der Waals surface area contributed by atoms with Gasteiger partial charge in [0.15, 0.2) is 5.25 Å². The minimum atomic E-state index is -3.97. The second-order valence-corrected chi connectivity index (χ2v) is 5.45. The molecule has 0 bridgehead atoms. The molecule has 0 aliphatic carbocycles. The molecule has 1 aliphatic heterocycles. The molecule has 1 heterocycles. The minimum Gasteiger partial charge on any atom is -0.326 e. The average molecular weight is 227 g/mol. The number of carbonyl (C=O) groups excluding carboxylic acids is 2. The summed E-state index contributed by atoms with van der Waals surface area (Å²) < 4.78 is 21.6. The van der Waals surface area contributed by atoms with Crippen LogP contribution in [0.15, 0.2) is 0 Å². The molecular formula is C5H7ClN2O4S. The maximum atomic E-state index is 11.0. The van der Waals surface area contributed by atoms with Gasteiger partial charge in [0.1, 0.15) is 0 Å². The lowest BCUT2D eigenvalue weighted by Crippen LogP contribution is -2.57. The van der Waals surface area contributed by atoms with Crippen molar-refractivity contribution < 1.29 is 18.0 Å². The zero-order valence-corrected chi connectivity index (χ0v) is 8.22. The molecule has 8 heteroatoms. The molecule has 13 heavy (non-hydrogen) atoms. The van der Waals surface area contributed by atoms with Gasteiger partial charge in [0.05, 0.1) is 0 Å². The lowest BCUT2D eigenvalue weighted by molar-refractivity contribution is -0.120. The first kappa shape index (κ1) is 10.3. The van der Waals surface area contributed by atoms with Crippen LogP contribution in [0.25, 0.3) is 0 Å². The molecule has 1 N–H and O–H groups in total. The number of amides is 3. The van der Waals surface area contributed by atoms with E-state index in [1.165, 1.54) is 7.05 Å². The lowest BCUT2D eigenvalue weighted by Gasteiger charge is -2.26. The van der Waals surface area contributed by atoms with Gasteiger partial charge in [0, 0.05) is 24.3 Å². The van der Waals surface area contributed by atoms with E-state index in [-0.39, 0.29) is 6.54 Å². The zero-order valence-electron chi connectivity index (χ0n) is 6.65. The lowest BCUT2D eigenvalue weighted by atomic mass is 10.3. The summed E-state index contributed by atoms with van der Waals surface area (Å²) in [5.74, 6) is -0.877. The van der Waals surface area contributed by atoms with Crippen molar-refractivity contribution in [3.05, 3.63) is 0 Å². The Kier molecular flexibility index (Phi) is 2.49. The molecule has 0 spiro atoms. The Morgan fingerprint density at radius 2 is 2.08 bits per heavy atom. The predicted molar refractivity (Wildman–Crippen MR) is 44.7 cm³/mol. The van der Waals surface area contributed by atoms with Crippen LogP contribution in [-0.4, -0.2) is 44.1 Å². The smallest absolute Gasteiger partial charge is 0.323 e. The van der Waals surface area contributed by atoms with Crippen LogP contribution in [0, 0.1) is 0 Å². The van der Waals surface area contributed by atoms with Gasteiger partial charge < -0.3 is 4.90 Å². The number of halogens is 1. The molecule has 3 amide bonds. The molecular weight excluding hydrogens is 220 g/mol. The Hall–Kier alpha value is -0.820. The molecule has 0 aromatic carbocycles. The number of nitrogens with zero attached hydrogens (tertiary/aromatic N) is 1. The van der Waals surface area contributed by atoms with Gasteiger partial charge in [0.25, 0.3) is 0 Å². The summed E-state index contributed by atoms with van der Waals surface area (Å²) in [7, 11) is 2.40. The van der Waals surface area contributed by atoms with E-state index >= 15 is 0 Å². The van der Waals surface area contributed by atoms with Gasteiger partial charge in [-0.2, -0.15) is 0 Å². The number of nitrogens with one attached hydrogen (secondary N) is 1. The van der Waals surface area contributed by atoms with Gasteiger partial charge in [-0.05, 0) is 0 Å². The molecule has 0 aromatic heterocycles. The molecule has 1 aliphatic rings. The van der Waals surface area contributed by atoms with Gasteiger partial charge >= 0.3 is 6.03 Å². The maximum Gasteiger partial charge on any atom is 0.323 e. The molecule has 74 valence electrons. The van der Waals surface area contributed by atoms with Crippen molar-refractivity contribution in [3.63, 3.8) is 0 Å². The fraction of sp³-hybridized carbons (Fsp3) is 0.600. The van der Waals surface area contributed by atoms with E-state index in [4.69, 9.17) is 10.7 Å². The Morgan fingerprint density at radius 1 is 1.54 bits per heavy atom. The van der Waals surface area contributed by atoms with Crippen molar-refractivity contribution in [1.29, 1.82) is 0 Å². The van der Waals surface area contributed by atoms with Crippen molar-refractivity contribution in [1.82, 2.24) is 10.2 Å². The first-order valence-corrected chi connectivity index (χ1v) is 5.69. The number of hydrogen-bond donors (Lipinski definition) is 1. The Labute approximate surface area is 79.3 Å². The summed E-state index contributed by atoms with van der Waals surface area (Å²) in [4.78, 5) is 22.9. The summed E-state index contributed by atoms with van der Waals surface area (Å²) in [5.41, 5.74) is 0. The van der Waals surface area contributed by atoms with Gasteiger partial charge in [-0.1, -0.05) is 0 Å². The third kappa shape index (κ3) is 2.10. The number of carbonyl (C=O) groups is 2. The number of rotatable bonds is 1. The summed E-state index contributed by atoms with van der Waals surface area (Å²) in [6.07, 6.45) is 0. The van der Waals surface area contributed by atoms with Crippen LogP contribution in [0.1, 0.15) is 0 Å². The van der Waals surface area contributed by atoms with Crippen LogP contribution in [0.4, 0.5) is 4.79 Å². The standard InChI is InChI=1S/C5H7ClN2O4S/c1-8-2-3(13(6,11)12)4(9)7-5(8)10/h3H,2H2,1H3,(H,7,9,10). The summed E-state index contributed by atoms with van der Waals surface area (Å²) >= 11 is 0. The second kappa shape index (κ2) is 3.15. The van der Waals surface area contributed by atoms with Gasteiger partial charge in [-0.15, -0.1) is 0 Å². The monoisotopic (exact) mass is 226 g/mol. The Bertz CT molecular complexity index is 352. The highest BCUT2D eigenvalue weighted by Gasteiger charge is 2.38. The van der Waals surface area contributed by atoms with Crippen molar-refractivity contribution in [2.75, 3.05) is 13.6 Å². The third-order valence-electron chi connectivity index (χ3n) is 1.65. The first-order valence-electron chi connectivity index (χ1n) is 3.32. The van der Waals surface area contributed by atoms with Crippen LogP contribution in [0.5, 0.6) is 0 Å². The molecule has 0 aromatic rings. The number of hydrogen-bond acceptors (Lipinski definition) is 4. The van der Waals surface area contributed by atoms with Crippen LogP contribution in [0.3, 0.4) is 0 Å². The molecule has 1 unspecified atom stereocenters. The van der Waals surface area contributed by atoms with E-state index in [1.54, 1.807) is 0 Å². The quantitative estimate of drug-likeness (QED) is 0.588. The highest BCUT2D eigenvalue weighted by atomic mass is 35.7. The SMILES string of the molecule is CN1CC(S(=O)(=O)Cl)C(=O)NC1=O. The summed E-state index contributed by atoms with van der Waals surface area (Å²) in [6, 6.07) is -0.624. The summed E-state index contributed by atoms with van der Waals surface area (Å²) in [6.45, 7) is -0.212. The van der Waals surface area contributed by atoms with E-state index in [0.717, 1.165) is 4.90 Å². The molecule has 0 radical (unpaired) electrons. The van der Waals surface area contributed by atoms with Crippen molar-refractivity contribution in [3.8, 4) is 0 Å². The highest BCUT2D eigenvalue weighted by Crippen LogP contribution is 2.12. The normalized spacial score (nSPS) is 24.5. The van der Waals surface area contributed by atoms with Crippen LogP contribution < -0.4 is 5.32 Å². The van der Waals surface area contributed by atoms with E-state index in [2.05, 4.69) is 0 Å². The third-order valence-corrected chi connectivity index (χ3v) is 3.34. The Morgan fingerprint density at radius 3 is 2.54 bits per heavy atom. The fourth-order valence-corrected chi connectivity index (χ4v) is 2.04. The minimum absolute atomic E-state index is 0.212. The largest absolute Gasteiger partial charge is 0.326 e. The summed E-state index contributed by atoms with van der Waals surface area (Å²) in [5, 5.41) is 0.492. The van der Waals surface area contributed by atoms with Gasteiger partial charge in [-0.25, -0.2) is 13.2 Å². The van der Waals surface area contributed by atoms with Crippen LogP contribution in [0.2, 0.25) is 0 Å². The Balaban J connectivity index is 2.91. The first-order chi connectivity index (χ1) is 5.82. The second-order valence-electron chi connectivity index (χ2n) is 2.64. The van der Waals surface area contributed by atoms with E-state index < -0.39 is 26.2 Å².